The highest BCUT2D eigenvalue weighted by Gasteiger charge is 2.47. The fraction of sp³-hybridized carbons (Fsp3) is 0.875. The first-order chi connectivity index (χ1) is 4.29. The molecule has 0 N–H and O–H groups in total. The van der Waals surface area contributed by atoms with E-state index in [2.05, 4.69) is 6.92 Å². The summed E-state index contributed by atoms with van der Waals surface area (Å²) in [5, 5.41) is 0. The largest absolute Gasteiger partial charge is 0.299 e. The van der Waals surface area contributed by atoms with Crippen LogP contribution < -0.4 is 0 Å². The zero-order valence-corrected chi connectivity index (χ0v) is 5.76. The van der Waals surface area contributed by atoms with Gasteiger partial charge in [-0.2, -0.15) is 0 Å². The molecule has 0 aromatic carbocycles. The van der Waals surface area contributed by atoms with Gasteiger partial charge in [0.05, 0.1) is 0 Å². The lowest BCUT2D eigenvalue weighted by Crippen LogP contribution is -2.18. The smallest absolute Gasteiger partial charge is 0.139 e. The molecule has 9 heavy (non-hydrogen) atoms. The van der Waals surface area contributed by atoms with Crippen molar-refractivity contribution < 1.29 is 4.79 Å². The molecular formula is C8H12O. The van der Waals surface area contributed by atoms with Gasteiger partial charge in [0.15, 0.2) is 0 Å². The number of carbonyl (C=O) groups is 1. The van der Waals surface area contributed by atoms with Crippen molar-refractivity contribution in [3.05, 3.63) is 0 Å². The van der Waals surface area contributed by atoms with Crippen LogP contribution in [0.15, 0.2) is 0 Å². The Hall–Kier alpha value is -0.330. The van der Waals surface area contributed by atoms with Crippen molar-refractivity contribution in [3.63, 3.8) is 0 Å². The number of rotatable bonds is 0. The van der Waals surface area contributed by atoms with Crippen molar-refractivity contribution in [2.75, 3.05) is 0 Å². The van der Waals surface area contributed by atoms with E-state index in [1.54, 1.807) is 0 Å². The van der Waals surface area contributed by atoms with Crippen LogP contribution in [0.5, 0.6) is 0 Å². The second-order valence-corrected chi connectivity index (χ2v) is 3.48. The van der Waals surface area contributed by atoms with Gasteiger partial charge in [0.2, 0.25) is 0 Å². The molecule has 0 aromatic heterocycles. The fourth-order valence-corrected chi connectivity index (χ4v) is 1.89. The summed E-state index contributed by atoms with van der Waals surface area (Å²) >= 11 is 0. The van der Waals surface area contributed by atoms with Crippen molar-refractivity contribution >= 4 is 5.78 Å². The van der Waals surface area contributed by atoms with E-state index in [-0.39, 0.29) is 0 Å². The van der Waals surface area contributed by atoms with E-state index in [1.165, 1.54) is 12.8 Å². The number of carbonyl (C=O) groups excluding carboxylic acids is 1. The summed E-state index contributed by atoms with van der Waals surface area (Å²) in [5.41, 5.74) is 0. The van der Waals surface area contributed by atoms with Crippen molar-refractivity contribution in [2.24, 2.45) is 17.8 Å². The predicted octanol–water partition coefficient (Wildman–Crippen LogP) is 1.62. The van der Waals surface area contributed by atoms with E-state index in [9.17, 15) is 4.79 Å². The first-order valence-corrected chi connectivity index (χ1v) is 3.83. The van der Waals surface area contributed by atoms with Gasteiger partial charge in [0.1, 0.15) is 5.78 Å². The molecule has 0 heterocycles. The van der Waals surface area contributed by atoms with Crippen molar-refractivity contribution in [1.82, 2.24) is 0 Å². The Morgan fingerprint density at radius 2 is 2.22 bits per heavy atom. The summed E-state index contributed by atoms with van der Waals surface area (Å²) < 4.78 is 0. The van der Waals surface area contributed by atoms with Crippen LogP contribution in [-0.4, -0.2) is 5.78 Å². The average molecular weight is 124 g/mol. The number of hydrogen-bond acceptors (Lipinski definition) is 1. The molecular weight excluding hydrogens is 112 g/mol. The zero-order chi connectivity index (χ0) is 6.43. The van der Waals surface area contributed by atoms with Gasteiger partial charge >= 0.3 is 0 Å². The first kappa shape index (κ1) is 5.45. The standard InChI is InChI=1S/C8H12O/c1-5-2-3-6-4-7(6)8(5)9/h5-7H,2-4H2,1H3/t5-,6-,7-/m0/s1. The minimum Gasteiger partial charge on any atom is -0.299 e. The van der Waals surface area contributed by atoms with Gasteiger partial charge in [0, 0.05) is 11.8 Å². The number of fused-ring (bicyclic) bond motifs is 1. The van der Waals surface area contributed by atoms with Gasteiger partial charge < -0.3 is 0 Å². The number of Topliss-reactive ketones (excluding diaryl/α,β-unsaturated/α-hetero) is 1. The highest BCUT2D eigenvalue weighted by molar-refractivity contribution is 5.86. The summed E-state index contributed by atoms with van der Waals surface area (Å²) in [6.45, 7) is 2.07. The summed E-state index contributed by atoms with van der Waals surface area (Å²) in [5.74, 6) is 2.25. The SMILES string of the molecule is C[C@H]1CC[C@H]2C[C@@H]2C1=O. The Morgan fingerprint density at radius 1 is 1.44 bits per heavy atom. The molecule has 0 aromatic rings. The van der Waals surface area contributed by atoms with Crippen LogP contribution in [0.25, 0.3) is 0 Å². The lowest BCUT2D eigenvalue weighted by molar-refractivity contribution is -0.125. The highest BCUT2D eigenvalue weighted by atomic mass is 16.1. The second kappa shape index (κ2) is 1.59. The summed E-state index contributed by atoms with van der Waals surface area (Å²) in [4.78, 5) is 11.2. The van der Waals surface area contributed by atoms with Gasteiger partial charge in [-0.25, -0.2) is 0 Å². The average Bonchev–Trinajstić information content (AvgIpc) is 2.58. The topological polar surface area (TPSA) is 17.1 Å². The van der Waals surface area contributed by atoms with Crippen LogP contribution in [0.4, 0.5) is 0 Å². The van der Waals surface area contributed by atoms with Gasteiger partial charge in [0.25, 0.3) is 0 Å². The quantitative estimate of drug-likeness (QED) is 0.479. The molecule has 0 saturated heterocycles. The summed E-state index contributed by atoms with van der Waals surface area (Å²) in [6.07, 6.45) is 3.68. The van der Waals surface area contributed by atoms with Gasteiger partial charge in [-0.3, -0.25) is 4.79 Å². The zero-order valence-electron chi connectivity index (χ0n) is 5.76. The normalized spacial score (nSPS) is 48.6. The Morgan fingerprint density at radius 3 is 2.89 bits per heavy atom. The van der Waals surface area contributed by atoms with Crippen molar-refractivity contribution in [3.8, 4) is 0 Å². The molecule has 0 unspecified atom stereocenters. The molecule has 1 heteroatoms. The van der Waals surface area contributed by atoms with Gasteiger partial charge in [-0.1, -0.05) is 6.92 Å². The van der Waals surface area contributed by atoms with Crippen molar-refractivity contribution in [1.29, 1.82) is 0 Å². The van der Waals surface area contributed by atoms with Crippen LogP contribution >= 0.6 is 0 Å². The molecule has 0 radical (unpaired) electrons. The third kappa shape index (κ3) is 0.707. The molecule has 1 nitrogen and oxygen atoms in total. The van der Waals surface area contributed by atoms with E-state index in [0.29, 0.717) is 17.6 Å². The Bertz CT molecular complexity index is 147. The maximum absolute atomic E-state index is 11.2. The van der Waals surface area contributed by atoms with E-state index in [1.807, 2.05) is 0 Å². The van der Waals surface area contributed by atoms with Crippen LogP contribution in [0, 0.1) is 17.8 Å². The minimum atomic E-state index is 0.383. The Kier molecular flexibility index (Phi) is 0.961. The first-order valence-electron chi connectivity index (χ1n) is 3.83. The van der Waals surface area contributed by atoms with Crippen LogP contribution in [0.3, 0.4) is 0 Å². The van der Waals surface area contributed by atoms with Gasteiger partial charge in [-0.15, -0.1) is 0 Å². The highest BCUT2D eigenvalue weighted by Crippen LogP contribution is 2.48. The van der Waals surface area contributed by atoms with E-state index < -0.39 is 0 Å². The van der Waals surface area contributed by atoms with Crippen LogP contribution in [0.1, 0.15) is 26.2 Å². The molecule has 2 aliphatic carbocycles. The minimum absolute atomic E-state index is 0.383. The summed E-state index contributed by atoms with van der Waals surface area (Å²) in [6, 6.07) is 0. The molecule has 2 saturated carbocycles. The Labute approximate surface area is 55.4 Å². The van der Waals surface area contributed by atoms with Crippen LogP contribution in [0.2, 0.25) is 0 Å². The second-order valence-electron chi connectivity index (χ2n) is 3.48. The monoisotopic (exact) mass is 124 g/mol. The lowest BCUT2D eigenvalue weighted by atomic mass is 9.90. The molecule has 0 aliphatic heterocycles. The van der Waals surface area contributed by atoms with Gasteiger partial charge in [-0.05, 0) is 25.2 Å². The Balaban J connectivity index is 2.10. The predicted molar refractivity (Wildman–Crippen MR) is 35.0 cm³/mol. The number of ketones is 1. The molecule has 3 atom stereocenters. The molecule has 2 aliphatic rings. The third-order valence-corrected chi connectivity index (χ3v) is 2.74. The fourth-order valence-electron chi connectivity index (χ4n) is 1.89. The maximum atomic E-state index is 11.2. The maximum Gasteiger partial charge on any atom is 0.139 e. The number of hydrogen-bond donors (Lipinski definition) is 0. The van der Waals surface area contributed by atoms with E-state index in [0.717, 1.165) is 12.3 Å². The van der Waals surface area contributed by atoms with Crippen molar-refractivity contribution in [2.45, 2.75) is 26.2 Å². The van der Waals surface area contributed by atoms with E-state index >= 15 is 0 Å². The molecule has 0 bridgehead atoms. The lowest BCUT2D eigenvalue weighted by Gasteiger charge is -2.14. The summed E-state index contributed by atoms with van der Waals surface area (Å²) in [7, 11) is 0. The molecule has 2 rings (SSSR count). The van der Waals surface area contributed by atoms with Crippen LogP contribution in [-0.2, 0) is 4.79 Å². The molecule has 2 fully saturated rings. The molecule has 0 spiro atoms. The third-order valence-electron chi connectivity index (χ3n) is 2.74. The molecule has 50 valence electrons. The molecule has 0 amide bonds. The van der Waals surface area contributed by atoms with E-state index in [4.69, 9.17) is 0 Å².